The van der Waals surface area contributed by atoms with Gasteiger partial charge in [0.1, 0.15) is 11.2 Å². The average Bonchev–Trinajstić information content (AvgIpc) is 3.76. The lowest BCUT2D eigenvalue weighted by molar-refractivity contribution is 0.669. The fraction of sp³-hybridized carbons (Fsp3) is 0. The molecule has 242 valence electrons. The Labute approximate surface area is 301 Å². The van der Waals surface area contributed by atoms with Gasteiger partial charge in [-0.2, -0.15) is 0 Å². The highest BCUT2D eigenvalue weighted by Gasteiger charge is 2.36. The summed E-state index contributed by atoms with van der Waals surface area (Å²) in [4.78, 5) is 2.53. The second-order valence-electron chi connectivity index (χ2n) is 13.7. The van der Waals surface area contributed by atoms with Crippen LogP contribution in [-0.4, -0.2) is 11.4 Å². The Morgan fingerprint density at radius 3 is 2.02 bits per heavy atom. The fourth-order valence-electron chi connectivity index (χ4n) is 8.64. The van der Waals surface area contributed by atoms with E-state index in [4.69, 9.17) is 4.42 Å². The standard InChI is InChI=1S/C48H31BN2O/c1-2-14-33(15-3-1)49-42-23-8-4-18-37(42)38-19-5-10-25-44(38)51(49)35-17-12-16-34(31-35)50-43-24-9-6-21-40(43)48-36(22-13-26-45(48)50)32-28-29-47-41(30-32)39-20-7-11-27-46(39)52-47/h1-31H. The van der Waals surface area contributed by atoms with Crippen molar-refractivity contribution in [3.63, 3.8) is 0 Å². The van der Waals surface area contributed by atoms with Crippen LogP contribution in [0.4, 0.5) is 11.4 Å². The number of hydrogen-bond donors (Lipinski definition) is 0. The van der Waals surface area contributed by atoms with Crippen molar-refractivity contribution in [3.8, 4) is 27.9 Å². The highest BCUT2D eigenvalue weighted by atomic mass is 16.3. The SMILES string of the molecule is c1ccc(B2c3ccccc3-c3ccccc3N2c2cccc(-n3c4ccccc4c4c(-c5ccc6oc7ccccc7c6c5)cccc43)c2)cc1. The molecule has 52 heavy (non-hydrogen) atoms. The molecule has 1 aliphatic rings. The Balaban J connectivity index is 1.13. The quantitative estimate of drug-likeness (QED) is 0.175. The van der Waals surface area contributed by atoms with Crippen molar-refractivity contribution in [3.05, 3.63) is 188 Å². The number of anilines is 2. The van der Waals surface area contributed by atoms with Gasteiger partial charge in [-0.1, -0.05) is 139 Å². The molecule has 8 aromatic carbocycles. The normalized spacial score (nSPS) is 12.5. The monoisotopic (exact) mass is 662 g/mol. The van der Waals surface area contributed by atoms with Crippen LogP contribution in [0.5, 0.6) is 0 Å². The zero-order valence-electron chi connectivity index (χ0n) is 28.3. The van der Waals surface area contributed by atoms with Crippen molar-refractivity contribution in [1.82, 2.24) is 4.57 Å². The van der Waals surface area contributed by atoms with E-state index in [1.54, 1.807) is 0 Å². The number of para-hydroxylation sites is 3. The minimum Gasteiger partial charge on any atom is -0.456 e. The fourth-order valence-corrected chi connectivity index (χ4v) is 8.64. The summed E-state index contributed by atoms with van der Waals surface area (Å²) in [7, 11) is 0. The Hall–Kier alpha value is -6.78. The molecule has 11 rings (SSSR count). The maximum atomic E-state index is 6.19. The van der Waals surface area contributed by atoms with Gasteiger partial charge >= 0.3 is 6.85 Å². The molecule has 0 amide bonds. The van der Waals surface area contributed by atoms with Gasteiger partial charge in [-0.05, 0) is 76.8 Å². The molecular formula is C48H31BN2O. The van der Waals surface area contributed by atoms with E-state index in [0.29, 0.717) is 0 Å². The topological polar surface area (TPSA) is 21.3 Å². The lowest BCUT2D eigenvalue weighted by Gasteiger charge is -2.39. The predicted molar refractivity (Wildman–Crippen MR) is 219 cm³/mol. The first kappa shape index (κ1) is 29.0. The number of rotatable bonds is 4. The van der Waals surface area contributed by atoms with Crippen molar-refractivity contribution in [2.45, 2.75) is 0 Å². The summed E-state index contributed by atoms with van der Waals surface area (Å²) in [5.41, 5.74) is 15.2. The van der Waals surface area contributed by atoms with Gasteiger partial charge in [0, 0.05) is 44.2 Å². The van der Waals surface area contributed by atoms with Crippen LogP contribution in [0.3, 0.4) is 0 Å². The van der Waals surface area contributed by atoms with Crippen LogP contribution >= 0.6 is 0 Å². The van der Waals surface area contributed by atoms with Crippen molar-refractivity contribution >= 4 is 72.9 Å². The van der Waals surface area contributed by atoms with Gasteiger partial charge in [-0.15, -0.1) is 0 Å². The van der Waals surface area contributed by atoms with E-state index in [1.165, 1.54) is 60.7 Å². The molecule has 0 unspecified atom stereocenters. The highest BCUT2D eigenvalue weighted by Crippen LogP contribution is 2.43. The Morgan fingerprint density at radius 2 is 1.10 bits per heavy atom. The molecule has 0 atom stereocenters. The Morgan fingerprint density at radius 1 is 0.423 bits per heavy atom. The summed E-state index contributed by atoms with van der Waals surface area (Å²) in [6.07, 6.45) is 0. The maximum Gasteiger partial charge on any atom is 0.328 e. The van der Waals surface area contributed by atoms with Crippen LogP contribution in [0.1, 0.15) is 0 Å². The lowest BCUT2D eigenvalue weighted by atomic mass is 9.46. The maximum absolute atomic E-state index is 6.19. The zero-order chi connectivity index (χ0) is 34.2. The zero-order valence-corrected chi connectivity index (χ0v) is 28.3. The molecule has 4 heteroatoms. The van der Waals surface area contributed by atoms with E-state index in [-0.39, 0.29) is 6.85 Å². The van der Waals surface area contributed by atoms with E-state index in [0.717, 1.165) is 33.3 Å². The van der Waals surface area contributed by atoms with Crippen LogP contribution in [0, 0.1) is 0 Å². The van der Waals surface area contributed by atoms with Gasteiger partial charge in [0.2, 0.25) is 0 Å². The molecule has 3 heterocycles. The summed E-state index contributed by atoms with van der Waals surface area (Å²) in [5.74, 6) is 0. The largest absolute Gasteiger partial charge is 0.456 e. The van der Waals surface area contributed by atoms with Gasteiger partial charge in [-0.25, -0.2) is 0 Å². The molecule has 0 bridgehead atoms. The third-order valence-corrected chi connectivity index (χ3v) is 10.8. The van der Waals surface area contributed by atoms with Gasteiger partial charge in [0.15, 0.2) is 0 Å². The number of furan rings is 1. The van der Waals surface area contributed by atoms with Crippen molar-refractivity contribution in [1.29, 1.82) is 0 Å². The first-order valence-electron chi connectivity index (χ1n) is 17.9. The third kappa shape index (κ3) is 4.28. The van der Waals surface area contributed by atoms with Gasteiger partial charge in [-0.3, -0.25) is 0 Å². The molecule has 3 nitrogen and oxygen atoms in total. The van der Waals surface area contributed by atoms with Crippen LogP contribution in [0.2, 0.25) is 0 Å². The Kier molecular flexibility index (Phi) is 6.35. The van der Waals surface area contributed by atoms with Crippen LogP contribution in [0.15, 0.2) is 192 Å². The minimum atomic E-state index is 0.0150. The summed E-state index contributed by atoms with van der Waals surface area (Å²) in [6, 6.07) is 68.1. The first-order valence-corrected chi connectivity index (χ1v) is 17.9. The molecule has 0 saturated heterocycles. The van der Waals surface area contributed by atoms with Crippen molar-refractivity contribution < 1.29 is 4.42 Å². The van der Waals surface area contributed by atoms with Crippen molar-refractivity contribution in [2.24, 2.45) is 0 Å². The van der Waals surface area contributed by atoms with E-state index in [1.807, 2.05) is 12.1 Å². The number of nitrogens with zero attached hydrogens (tertiary/aromatic N) is 2. The van der Waals surface area contributed by atoms with E-state index < -0.39 is 0 Å². The molecular weight excluding hydrogens is 631 g/mol. The molecule has 2 aromatic heterocycles. The summed E-state index contributed by atoms with van der Waals surface area (Å²) in [6.45, 7) is 0.0150. The number of fused-ring (bicyclic) bond motifs is 9. The summed E-state index contributed by atoms with van der Waals surface area (Å²) >= 11 is 0. The summed E-state index contributed by atoms with van der Waals surface area (Å²) < 4.78 is 8.63. The Bertz CT molecular complexity index is 2990. The number of hydrogen-bond acceptors (Lipinski definition) is 2. The predicted octanol–water partition coefficient (Wildman–Crippen LogP) is 11.3. The second kappa shape index (κ2) is 11.4. The molecule has 0 spiro atoms. The molecule has 0 aliphatic carbocycles. The lowest BCUT2D eigenvalue weighted by Crippen LogP contribution is -2.57. The minimum absolute atomic E-state index is 0.0150. The van der Waals surface area contributed by atoms with Crippen LogP contribution < -0.4 is 15.7 Å². The first-order chi connectivity index (χ1) is 25.8. The van der Waals surface area contributed by atoms with Gasteiger partial charge in [0.05, 0.1) is 11.0 Å². The van der Waals surface area contributed by atoms with Gasteiger partial charge in [0.25, 0.3) is 0 Å². The molecule has 0 radical (unpaired) electrons. The molecule has 0 fully saturated rings. The number of benzene rings is 8. The molecule has 1 aliphatic heterocycles. The smallest absolute Gasteiger partial charge is 0.328 e. The van der Waals surface area contributed by atoms with Crippen molar-refractivity contribution in [2.75, 3.05) is 4.81 Å². The van der Waals surface area contributed by atoms with E-state index >= 15 is 0 Å². The average molecular weight is 663 g/mol. The highest BCUT2D eigenvalue weighted by molar-refractivity contribution is 6.90. The number of aromatic nitrogens is 1. The van der Waals surface area contributed by atoms with E-state index in [9.17, 15) is 0 Å². The molecule has 0 N–H and O–H groups in total. The molecule has 0 saturated carbocycles. The second-order valence-corrected chi connectivity index (χ2v) is 13.7. The van der Waals surface area contributed by atoms with Gasteiger partial charge < -0.3 is 13.8 Å². The summed E-state index contributed by atoms with van der Waals surface area (Å²) in [5, 5.41) is 4.75. The molecule has 10 aromatic rings. The van der Waals surface area contributed by atoms with Crippen LogP contribution in [-0.2, 0) is 0 Å². The van der Waals surface area contributed by atoms with E-state index in [2.05, 4.69) is 185 Å². The van der Waals surface area contributed by atoms with Crippen LogP contribution in [0.25, 0.3) is 71.7 Å². The third-order valence-electron chi connectivity index (χ3n) is 10.8.